The second-order valence-electron chi connectivity index (χ2n) is 6.17. The van der Waals surface area contributed by atoms with Gasteiger partial charge in [0.05, 0.1) is 12.1 Å². The highest BCUT2D eigenvalue weighted by molar-refractivity contribution is 6.30. The van der Waals surface area contributed by atoms with E-state index in [0.717, 1.165) is 24.0 Å². The predicted molar refractivity (Wildman–Crippen MR) is 77.7 cm³/mol. The van der Waals surface area contributed by atoms with E-state index >= 15 is 0 Å². The predicted octanol–water partition coefficient (Wildman–Crippen LogP) is 3.35. The molecule has 1 aliphatic rings. The van der Waals surface area contributed by atoms with Gasteiger partial charge in [0.25, 0.3) is 0 Å². The number of halogens is 1. The van der Waals surface area contributed by atoms with Gasteiger partial charge in [-0.05, 0) is 56.9 Å². The van der Waals surface area contributed by atoms with Crippen LogP contribution in [0.1, 0.15) is 44.7 Å². The highest BCUT2D eigenvalue weighted by atomic mass is 35.5. The number of carbonyl (C=O) groups excluding carboxylic acids is 1. The SMILES string of the molecule is CC(C)(C)OC(=O)NC1(c2ccc(Cl)cc2CO)CC1. The lowest BCUT2D eigenvalue weighted by Gasteiger charge is -2.25. The molecule has 0 atom stereocenters. The minimum absolute atomic E-state index is 0.104. The van der Waals surface area contributed by atoms with Crippen LogP contribution in [-0.2, 0) is 16.9 Å². The van der Waals surface area contributed by atoms with Crippen LogP contribution in [0.4, 0.5) is 4.79 Å². The van der Waals surface area contributed by atoms with Gasteiger partial charge in [-0.15, -0.1) is 0 Å². The number of aliphatic hydroxyl groups excluding tert-OH is 1. The van der Waals surface area contributed by atoms with E-state index in [9.17, 15) is 9.90 Å². The van der Waals surface area contributed by atoms with Crippen molar-refractivity contribution in [2.24, 2.45) is 0 Å². The van der Waals surface area contributed by atoms with Gasteiger partial charge in [0.1, 0.15) is 5.60 Å². The van der Waals surface area contributed by atoms with Gasteiger partial charge < -0.3 is 15.2 Å². The molecule has 0 aliphatic heterocycles. The molecule has 1 aliphatic carbocycles. The van der Waals surface area contributed by atoms with Gasteiger partial charge in [-0.2, -0.15) is 0 Å². The van der Waals surface area contributed by atoms with Crippen LogP contribution in [0.3, 0.4) is 0 Å². The summed E-state index contributed by atoms with van der Waals surface area (Å²) in [5, 5.41) is 12.9. The summed E-state index contributed by atoms with van der Waals surface area (Å²) in [4.78, 5) is 11.9. The maximum Gasteiger partial charge on any atom is 0.408 e. The first kappa shape index (κ1) is 15.1. The third-order valence-electron chi connectivity index (χ3n) is 3.24. The fourth-order valence-electron chi connectivity index (χ4n) is 2.25. The van der Waals surface area contributed by atoms with E-state index in [1.165, 1.54) is 0 Å². The molecule has 1 amide bonds. The van der Waals surface area contributed by atoms with Crippen molar-refractivity contribution in [1.29, 1.82) is 0 Å². The number of rotatable bonds is 3. The largest absolute Gasteiger partial charge is 0.444 e. The van der Waals surface area contributed by atoms with Crippen molar-refractivity contribution < 1.29 is 14.6 Å². The first-order chi connectivity index (χ1) is 9.26. The molecule has 2 N–H and O–H groups in total. The summed E-state index contributed by atoms with van der Waals surface area (Å²) >= 11 is 5.94. The van der Waals surface area contributed by atoms with Crippen molar-refractivity contribution in [1.82, 2.24) is 5.32 Å². The molecule has 0 aromatic heterocycles. The molecular formula is C15H20ClNO3. The summed E-state index contributed by atoms with van der Waals surface area (Å²) in [6.07, 6.45) is 1.23. The van der Waals surface area contributed by atoms with Crippen LogP contribution in [0.15, 0.2) is 18.2 Å². The maximum absolute atomic E-state index is 11.9. The Balaban J connectivity index is 2.18. The Morgan fingerprint density at radius 1 is 1.45 bits per heavy atom. The number of benzene rings is 1. The third-order valence-corrected chi connectivity index (χ3v) is 3.48. The number of aliphatic hydroxyl groups is 1. The molecule has 0 unspecified atom stereocenters. The lowest BCUT2D eigenvalue weighted by Crippen LogP contribution is -2.39. The summed E-state index contributed by atoms with van der Waals surface area (Å²) in [5.41, 5.74) is 0.701. The fraction of sp³-hybridized carbons (Fsp3) is 0.533. The summed E-state index contributed by atoms with van der Waals surface area (Å²) in [6.45, 7) is 5.38. The molecule has 0 heterocycles. The molecule has 5 heteroatoms. The standard InChI is InChI=1S/C15H20ClNO3/c1-14(2,3)20-13(19)17-15(6-7-15)12-5-4-11(16)8-10(12)9-18/h4-5,8,18H,6-7,9H2,1-3H3,(H,17,19). The molecule has 1 saturated carbocycles. The Morgan fingerprint density at radius 3 is 2.60 bits per heavy atom. The summed E-state index contributed by atoms with van der Waals surface area (Å²) in [6, 6.07) is 5.36. The van der Waals surface area contributed by atoms with Gasteiger partial charge in [-0.1, -0.05) is 17.7 Å². The first-order valence-electron chi connectivity index (χ1n) is 6.67. The molecule has 1 fully saturated rings. The highest BCUT2D eigenvalue weighted by Gasteiger charge is 2.47. The summed E-state index contributed by atoms with van der Waals surface area (Å²) in [5.74, 6) is 0. The minimum atomic E-state index is -0.528. The Labute approximate surface area is 124 Å². The van der Waals surface area contributed by atoms with E-state index in [0.29, 0.717) is 5.02 Å². The first-order valence-corrected chi connectivity index (χ1v) is 7.04. The summed E-state index contributed by atoms with van der Waals surface area (Å²) < 4.78 is 5.29. The van der Waals surface area contributed by atoms with Crippen LogP contribution in [-0.4, -0.2) is 16.8 Å². The highest BCUT2D eigenvalue weighted by Crippen LogP contribution is 2.47. The van der Waals surface area contributed by atoms with Crippen LogP contribution >= 0.6 is 11.6 Å². The van der Waals surface area contributed by atoms with Crippen LogP contribution in [0.5, 0.6) is 0 Å². The molecule has 1 aromatic rings. The molecule has 4 nitrogen and oxygen atoms in total. The second-order valence-corrected chi connectivity index (χ2v) is 6.61. The average Bonchev–Trinajstić information content (AvgIpc) is 3.06. The van der Waals surface area contributed by atoms with E-state index in [1.54, 1.807) is 12.1 Å². The van der Waals surface area contributed by atoms with E-state index < -0.39 is 17.2 Å². The van der Waals surface area contributed by atoms with Gasteiger partial charge in [-0.3, -0.25) is 0 Å². The number of amides is 1. The molecule has 1 aromatic carbocycles. The van der Waals surface area contributed by atoms with Crippen LogP contribution in [0.2, 0.25) is 5.02 Å². The molecule has 2 rings (SSSR count). The van der Waals surface area contributed by atoms with Crippen molar-refractivity contribution in [3.63, 3.8) is 0 Å². The van der Waals surface area contributed by atoms with Crippen molar-refractivity contribution >= 4 is 17.7 Å². The number of alkyl carbamates (subject to hydrolysis) is 1. The third kappa shape index (κ3) is 3.44. The van der Waals surface area contributed by atoms with Gasteiger partial charge >= 0.3 is 6.09 Å². The van der Waals surface area contributed by atoms with Gasteiger partial charge in [0, 0.05) is 5.02 Å². The molecule has 0 bridgehead atoms. The van der Waals surface area contributed by atoms with Crippen LogP contribution < -0.4 is 5.32 Å². The molecular weight excluding hydrogens is 278 g/mol. The van der Waals surface area contributed by atoms with E-state index in [-0.39, 0.29) is 6.61 Å². The lowest BCUT2D eigenvalue weighted by atomic mass is 9.99. The molecule has 0 saturated heterocycles. The minimum Gasteiger partial charge on any atom is -0.444 e. The zero-order chi connectivity index (χ0) is 15.0. The van der Waals surface area contributed by atoms with Gasteiger partial charge in [0.2, 0.25) is 0 Å². The molecule has 110 valence electrons. The monoisotopic (exact) mass is 297 g/mol. The van der Waals surface area contributed by atoms with Crippen molar-refractivity contribution in [2.45, 2.75) is 51.4 Å². The number of hydrogen-bond acceptors (Lipinski definition) is 3. The Kier molecular flexibility index (Phi) is 3.98. The molecule has 20 heavy (non-hydrogen) atoms. The smallest absolute Gasteiger partial charge is 0.408 e. The zero-order valence-electron chi connectivity index (χ0n) is 12.0. The van der Waals surface area contributed by atoms with E-state index in [2.05, 4.69) is 5.32 Å². The Hall–Kier alpha value is -1.26. The van der Waals surface area contributed by atoms with Crippen molar-refractivity contribution in [3.8, 4) is 0 Å². The van der Waals surface area contributed by atoms with Gasteiger partial charge in [-0.25, -0.2) is 4.79 Å². The molecule has 0 spiro atoms. The van der Waals surface area contributed by atoms with E-state index in [4.69, 9.17) is 16.3 Å². The van der Waals surface area contributed by atoms with Crippen molar-refractivity contribution in [2.75, 3.05) is 0 Å². The van der Waals surface area contributed by atoms with Crippen molar-refractivity contribution in [3.05, 3.63) is 34.3 Å². The number of nitrogens with one attached hydrogen (secondary N) is 1. The Morgan fingerprint density at radius 2 is 2.10 bits per heavy atom. The fourth-order valence-corrected chi connectivity index (χ4v) is 2.44. The topological polar surface area (TPSA) is 58.6 Å². The van der Waals surface area contributed by atoms with E-state index in [1.807, 2.05) is 26.8 Å². The van der Waals surface area contributed by atoms with Crippen LogP contribution in [0, 0.1) is 0 Å². The van der Waals surface area contributed by atoms with Crippen LogP contribution in [0.25, 0.3) is 0 Å². The average molecular weight is 298 g/mol. The van der Waals surface area contributed by atoms with Gasteiger partial charge in [0.15, 0.2) is 0 Å². The number of hydrogen-bond donors (Lipinski definition) is 2. The molecule has 0 radical (unpaired) electrons. The number of carbonyl (C=O) groups is 1. The second kappa shape index (κ2) is 5.26. The zero-order valence-corrected chi connectivity index (χ0v) is 12.8. The lowest BCUT2D eigenvalue weighted by molar-refractivity contribution is 0.0494. The number of ether oxygens (including phenoxy) is 1. The Bertz CT molecular complexity index is 518. The maximum atomic E-state index is 11.9. The summed E-state index contributed by atoms with van der Waals surface area (Å²) in [7, 11) is 0. The normalized spacial score (nSPS) is 16.6. The quantitative estimate of drug-likeness (QED) is 0.899.